The van der Waals surface area contributed by atoms with Crippen molar-refractivity contribution in [3.63, 3.8) is 0 Å². The number of rotatable bonds is 5. The highest BCUT2D eigenvalue weighted by molar-refractivity contribution is 5.99. The minimum absolute atomic E-state index is 0.141. The molecule has 0 aliphatic heterocycles. The number of nitrogens with zero attached hydrogens (tertiary/aromatic N) is 2. The lowest BCUT2D eigenvalue weighted by atomic mass is 9.96. The molecule has 0 unspecified atom stereocenters. The lowest BCUT2D eigenvalue weighted by molar-refractivity contribution is 0.0951. The van der Waals surface area contributed by atoms with Gasteiger partial charge in [0.2, 0.25) is 0 Å². The topological polar surface area (TPSA) is 55.6 Å². The molecule has 1 amide bonds. The van der Waals surface area contributed by atoms with Gasteiger partial charge in [-0.3, -0.25) is 4.79 Å². The van der Waals surface area contributed by atoms with Gasteiger partial charge in [0.25, 0.3) is 5.91 Å². The van der Waals surface area contributed by atoms with Gasteiger partial charge in [-0.1, -0.05) is 39.0 Å². The van der Waals surface area contributed by atoms with Crippen LogP contribution in [-0.2, 0) is 11.8 Å². The van der Waals surface area contributed by atoms with Gasteiger partial charge in [-0.15, -0.1) is 0 Å². The van der Waals surface area contributed by atoms with E-state index in [-0.39, 0.29) is 11.3 Å². The number of imidazole rings is 1. The van der Waals surface area contributed by atoms with Crippen LogP contribution in [0, 0.1) is 0 Å². The predicted molar refractivity (Wildman–Crippen MR) is 103 cm³/mol. The summed E-state index contributed by atoms with van der Waals surface area (Å²) in [5.74, 6) is 1.57. The molecule has 3 rings (SSSR count). The van der Waals surface area contributed by atoms with Crippen LogP contribution < -0.4 is 10.1 Å². The Morgan fingerprint density at radius 3 is 2.54 bits per heavy atom. The molecule has 0 fully saturated rings. The van der Waals surface area contributed by atoms with Crippen molar-refractivity contribution in [2.24, 2.45) is 0 Å². The summed E-state index contributed by atoms with van der Waals surface area (Å²) < 4.78 is 7.16. The monoisotopic (exact) mass is 351 g/mol. The van der Waals surface area contributed by atoms with E-state index in [1.165, 1.54) is 0 Å². The first-order valence-corrected chi connectivity index (χ1v) is 8.79. The SMILES string of the molecule is COc1ccc(CCNC(=O)c2nc(C(C)(C)C)n3ccccc23)cc1. The highest BCUT2D eigenvalue weighted by Crippen LogP contribution is 2.24. The molecule has 1 aromatic carbocycles. The van der Waals surface area contributed by atoms with Gasteiger partial charge in [0.05, 0.1) is 12.6 Å². The molecule has 0 bridgehead atoms. The maximum Gasteiger partial charge on any atom is 0.272 e. The number of amides is 1. The van der Waals surface area contributed by atoms with E-state index in [1.54, 1.807) is 7.11 Å². The molecule has 0 saturated carbocycles. The maximum absolute atomic E-state index is 12.7. The number of hydrogen-bond acceptors (Lipinski definition) is 3. The molecule has 1 N–H and O–H groups in total. The Labute approximate surface area is 154 Å². The molecular weight excluding hydrogens is 326 g/mol. The van der Waals surface area contributed by atoms with E-state index in [9.17, 15) is 4.79 Å². The molecule has 2 aromatic heterocycles. The summed E-state index contributed by atoms with van der Waals surface area (Å²) in [6, 6.07) is 13.7. The number of nitrogens with one attached hydrogen (secondary N) is 1. The van der Waals surface area contributed by atoms with Crippen LogP contribution in [0.3, 0.4) is 0 Å². The third kappa shape index (κ3) is 3.72. The number of hydrogen-bond donors (Lipinski definition) is 1. The molecule has 0 aliphatic carbocycles. The Bertz CT molecular complexity index is 905. The van der Waals surface area contributed by atoms with Crippen LogP contribution in [0.1, 0.15) is 42.6 Å². The van der Waals surface area contributed by atoms with Crippen LogP contribution in [0.2, 0.25) is 0 Å². The molecule has 26 heavy (non-hydrogen) atoms. The normalized spacial score (nSPS) is 11.5. The molecule has 0 saturated heterocycles. The number of fused-ring (bicyclic) bond motifs is 1. The first-order chi connectivity index (χ1) is 12.4. The first kappa shape index (κ1) is 18.0. The number of pyridine rings is 1. The van der Waals surface area contributed by atoms with Crippen LogP contribution in [0.15, 0.2) is 48.7 Å². The van der Waals surface area contributed by atoms with Crippen LogP contribution in [0.25, 0.3) is 5.52 Å². The van der Waals surface area contributed by atoms with Gasteiger partial charge >= 0.3 is 0 Å². The zero-order valence-electron chi connectivity index (χ0n) is 15.7. The van der Waals surface area contributed by atoms with Crippen molar-refractivity contribution in [3.8, 4) is 5.75 Å². The van der Waals surface area contributed by atoms with Crippen LogP contribution in [-0.4, -0.2) is 28.9 Å². The van der Waals surface area contributed by atoms with Gasteiger partial charge in [0.15, 0.2) is 5.69 Å². The van der Waals surface area contributed by atoms with Gasteiger partial charge in [0, 0.05) is 18.2 Å². The zero-order chi connectivity index (χ0) is 18.7. The second kappa shape index (κ2) is 7.20. The van der Waals surface area contributed by atoms with Gasteiger partial charge in [-0.25, -0.2) is 4.98 Å². The summed E-state index contributed by atoms with van der Waals surface area (Å²) in [5, 5.41) is 2.99. The van der Waals surface area contributed by atoms with E-state index in [2.05, 4.69) is 31.1 Å². The highest BCUT2D eigenvalue weighted by atomic mass is 16.5. The summed E-state index contributed by atoms with van der Waals surface area (Å²) in [5.41, 5.74) is 2.31. The fraction of sp³-hybridized carbons (Fsp3) is 0.333. The van der Waals surface area contributed by atoms with Crippen molar-refractivity contribution in [2.45, 2.75) is 32.6 Å². The van der Waals surface area contributed by atoms with Crippen molar-refractivity contribution >= 4 is 11.4 Å². The summed E-state index contributed by atoms with van der Waals surface area (Å²) in [4.78, 5) is 17.3. The highest BCUT2D eigenvalue weighted by Gasteiger charge is 2.24. The number of methoxy groups -OCH3 is 1. The molecule has 0 radical (unpaired) electrons. The smallest absolute Gasteiger partial charge is 0.272 e. The molecule has 2 heterocycles. The Kier molecular flexibility index (Phi) is 4.98. The second-order valence-electron chi connectivity index (χ2n) is 7.34. The van der Waals surface area contributed by atoms with Crippen LogP contribution >= 0.6 is 0 Å². The Hall–Kier alpha value is -2.82. The minimum atomic E-state index is -0.147. The van der Waals surface area contributed by atoms with Gasteiger partial charge < -0.3 is 14.5 Å². The average Bonchev–Trinajstić information content (AvgIpc) is 3.02. The molecule has 0 spiro atoms. The summed E-state index contributed by atoms with van der Waals surface area (Å²) in [6.45, 7) is 6.85. The van der Waals surface area contributed by atoms with E-state index in [0.29, 0.717) is 12.2 Å². The number of benzene rings is 1. The second-order valence-corrected chi connectivity index (χ2v) is 7.34. The van der Waals surface area contributed by atoms with Crippen molar-refractivity contribution in [3.05, 3.63) is 65.7 Å². The molecule has 5 heteroatoms. The van der Waals surface area contributed by atoms with Crippen molar-refractivity contribution in [2.75, 3.05) is 13.7 Å². The number of aromatic nitrogens is 2. The van der Waals surface area contributed by atoms with E-state index in [4.69, 9.17) is 4.74 Å². The standard InChI is InChI=1S/C21H25N3O2/c1-21(2,3)20-23-18(17-7-5-6-14-24(17)20)19(25)22-13-12-15-8-10-16(26-4)11-9-15/h5-11,14H,12-13H2,1-4H3,(H,22,25). The van der Waals surface area contributed by atoms with E-state index < -0.39 is 0 Å². The molecule has 5 nitrogen and oxygen atoms in total. The number of carbonyl (C=O) groups excluding carboxylic acids is 1. The van der Waals surface area contributed by atoms with Crippen LogP contribution in [0.4, 0.5) is 0 Å². The first-order valence-electron chi connectivity index (χ1n) is 8.79. The average molecular weight is 351 g/mol. The lowest BCUT2D eigenvalue weighted by Crippen LogP contribution is -2.26. The fourth-order valence-corrected chi connectivity index (χ4v) is 2.93. The summed E-state index contributed by atoms with van der Waals surface area (Å²) in [7, 11) is 1.65. The molecular formula is C21H25N3O2. The third-order valence-electron chi connectivity index (χ3n) is 4.29. The van der Waals surface area contributed by atoms with Crippen molar-refractivity contribution in [1.29, 1.82) is 0 Å². The van der Waals surface area contributed by atoms with E-state index >= 15 is 0 Å². The largest absolute Gasteiger partial charge is 0.497 e. The predicted octanol–water partition coefficient (Wildman–Crippen LogP) is 3.61. The molecule has 136 valence electrons. The van der Waals surface area contributed by atoms with Crippen molar-refractivity contribution < 1.29 is 9.53 Å². The van der Waals surface area contributed by atoms with Gasteiger partial charge in [-0.2, -0.15) is 0 Å². The summed E-state index contributed by atoms with van der Waals surface area (Å²) >= 11 is 0. The van der Waals surface area contributed by atoms with Crippen molar-refractivity contribution in [1.82, 2.24) is 14.7 Å². The van der Waals surface area contributed by atoms with Gasteiger partial charge in [-0.05, 0) is 36.2 Å². The van der Waals surface area contributed by atoms with E-state index in [0.717, 1.165) is 29.1 Å². The minimum Gasteiger partial charge on any atom is -0.497 e. The number of ether oxygens (including phenoxy) is 1. The Morgan fingerprint density at radius 2 is 1.88 bits per heavy atom. The number of carbonyl (C=O) groups is 1. The molecule has 0 atom stereocenters. The Balaban J connectivity index is 1.73. The Morgan fingerprint density at radius 1 is 1.15 bits per heavy atom. The lowest BCUT2D eigenvalue weighted by Gasteiger charge is -2.16. The van der Waals surface area contributed by atoms with Crippen LogP contribution in [0.5, 0.6) is 5.75 Å². The maximum atomic E-state index is 12.7. The zero-order valence-corrected chi connectivity index (χ0v) is 15.7. The summed E-state index contributed by atoms with van der Waals surface area (Å²) in [6.07, 6.45) is 2.71. The molecule has 3 aromatic rings. The molecule has 0 aliphatic rings. The third-order valence-corrected chi connectivity index (χ3v) is 4.29. The fourth-order valence-electron chi connectivity index (χ4n) is 2.93. The van der Waals surface area contributed by atoms with E-state index in [1.807, 2.05) is 53.1 Å². The van der Waals surface area contributed by atoms with Gasteiger partial charge in [0.1, 0.15) is 11.6 Å². The quantitative estimate of drug-likeness (QED) is 0.764.